The summed E-state index contributed by atoms with van der Waals surface area (Å²) in [5.41, 5.74) is 1.85. The van der Waals surface area contributed by atoms with Gasteiger partial charge in [-0.2, -0.15) is 0 Å². The molecule has 3 rings (SSSR count). The maximum atomic E-state index is 10.9. The summed E-state index contributed by atoms with van der Waals surface area (Å²) >= 11 is 0. The molecule has 10 unspecified atom stereocenters. The lowest BCUT2D eigenvalue weighted by atomic mass is 9.95. The van der Waals surface area contributed by atoms with Crippen LogP contribution in [0.1, 0.15) is 38.3 Å². The molecule has 21 nitrogen and oxygen atoms in total. The summed E-state index contributed by atoms with van der Waals surface area (Å²) in [6, 6.07) is 0. The predicted octanol–water partition coefficient (Wildman–Crippen LogP) is -1.43. The molecule has 2 aliphatic heterocycles. The van der Waals surface area contributed by atoms with Crippen LogP contribution in [0, 0.1) is 5.92 Å². The van der Waals surface area contributed by atoms with Crippen molar-refractivity contribution < 1.29 is 78.4 Å². The summed E-state index contributed by atoms with van der Waals surface area (Å²) in [4.78, 5) is 0. The van der Waals surface area contributed by atoms with Gasteiger partial charge in [0.05, 0.1) is 102 Å². The van der Waals surface area contributed by atoms with Crippen LogP contribution in [0.5, 0.6) is 0 Å². The summed E-state index contributed by atoms with van der Waals surface area (Å²) in [5.74, 6) is -0.467. The maximum absolute atomic E-state index is 10.9. The Kier molecular flexibility index (Phi) is 23.3. The number of hydrogen-bond acceptors (Lipinski definition) is 20. The van der Waals surface area contributed by atoms with E-state index < -0.39 is 67.5 Å². The lowest BCUT2D eigenvalue weighted by Gasteiger charge is -2.45. The average molecular weight is 850 g/mol. The average Bonchev–Trinajstić information content (AvgIpc) is 3.65. The Morgan fingerprint density at radius 2 is 1.56 bits per heavy atom. The zero-order valence-corrected chi connectivity index (χ0v) is 34.4. The fraction of sp³-hybridized carbons (Fsp3) is 0.789. The Balaban J connectivity index is 1.27. The third kappa shape index (κ3) is 18.0. The lowest BCUT2D eigenvalue weighted by molar-refractivity contribution is -0.342. The van der Waals surface area contributed by atoms with Crippen LogP contribution in [0.3, 0.4) is 0 Å². The summed E-state index contributed by atoms with van der Waals surface area (Å²) in [6.07, 6.45) is -10.5. The van der Waals surface area contributed by atoms with E-state index in [9.17, 15) is 35.7 Å². The molecule has 1 aromatic rings. The summed E-state index contributed by atoms with van der Waals surface area (Å²) in [6.45, 7) is 16.9. The van der Waals surface area contributed by atoms with E-state index in [1.165, 1.54) is 21.1 Å². The minimum absolute atomic E-state index is 0.0819. The van der Waals surface area contributed by atoms with E-state index in [1.807, 2.05) is 0 Å². The molecule has 0 aliphatic carbocycles. The molecule has 0 aromatic carbocycles. The fourth-order valence-electron chi connectivity index (χ4n) is 6.26. The number of nitrogens with one attached hydrogen (secondary N) is 2. The molecular formula is C38H67N5O16. The van der Waals surface area contributed by atoms with Crippen LogP contribution in [0.25, 0.3) is 0 Å². The topological polar surface area (TPSA) is 279 Å². The van der Waals surface area contributed by atoms with Crippen LogP contribution in [0.4, 0.5) is 0 Å². The molecule has 0 amide bonds. The van der Waals surface area contributed by atoms with E-state index in [2.05, 4.69) is 40.7 Å². The molecule has 0 bridgehead atoms. The molecule has 340 valence electrons. The van der Waals surface area contributed by atoms with E-state index in [4.69, 9.17) is 42.6 Å². The van der Waals surface area contributed by atoms with Crippen molar-refractivity contribution in [3.05, 3.63) is 48.8 Å². The number of nitrogens with zero attached hydrogens (tertiary/aromatic N) is 3. The van der Waals surface area contributed by atoms with E-state index in [-0.39, 0.29) is 50.8 Å². The standard InChI is InChI=1S/C38H67N5O16/c1-23(15-33-36(34(49)35(50)38(52-6)58-33)59-37-31(48)18-30(47)32(57-37)16-24(2)44)39-7-9-53-11-13-55-14-12-54-10-8-43-20-28(41-42-43)19-40-25(3)27(21-56-22-51-5)17-29(46)26(4)45/h20,26-27,29-40,44-50H,1-3,7-19,21-22H2,4-6H3/t26?,27?,29?,30?,31?,32?,33?,34?,35?,36-,37+,38?/m1/s1. The monoisotopic (exact) mass is 849 g/mol. The highest BCUT2D eigenvalue weighted by Gasteiger charge is 2.48. The van der Waals surface area contributed by atoms with Gasteiger partial charge in [0.2, 0.25) is 0 Å². The first-order chi connectivity index (χ1) is 28.2. The second-order valence-electron chi connectivity index (χ2n) is 14.5. The van der Waals surface area contributed by atoms with Crippen molar-refractivity contribution >= 4 is 0 Å². The van der Waals surface area contributed by atoms with Gasteiger partial charge in [-0.1, -0.05) is 25.0 Å². The molecule has 1 aromatic heterocycles. The number of aliphatic hydroxyl groups is 7. The Labute approximate surface area is 345 Å². The summed E-state index contributed by atoms with van der Waals surface area (Å²) in [5, 5.41) is 86.4. The first-order valence-electron chi connectivity index (χ1n) is 19.7. The number of hydrogen-bond donors (Lipinski definition) is 9. The maximum Gasteiger partial charge on any atom is 0.186 e. The molecule has 0 spiro atoms. The zero-order chi connectivity index (χ0) is 43.3. The minimum atomic E-state index is -1.48. The van der Waals surface area contributed by atoms with E-state index in [0.717, 1.165) is 0 Å². The van der Waals surface area contributed by atoms with Gasteiger partial charge in [-0.3, -0.25) is 0 Å². The van der Waals surface area contributed by atoms with Crippen LogP contribution in [-0.2, 0) is 55.7 Å². The van der Waals surface area contributed by atoms with Crippen molar-refractivity contribution in [3.63, 3.8) is 0 Å². The highest BCUT2D eigenvalue weighted by Crippen LogP contribution is 2.32. The smallest absolute Gasteiger partial charge is 0.186 e. The lowest BCUT2D eigenvalue weighted by Crippen LogP contribution is -2.61. The Morgan fingerprint density at radius 3 is 2.22 bits per heavy atom. The third-order valence-electron chi connectivity index (χ3n) is 9.59. The molecule has 59 heavy (non-hydrogen) atoms. The molecule has 3 heterocycles. The first kappa shape index (κ1) is 50.5. The van der Waals surface area contributed by atoms with Crippen LogP contribution < -0.4 is 10.6 Å². The quantitative estimate of drug-likeness (QED) is 0.0235. The van der Waals surface area contributed by atoms with Gasteiger partial charge in [0.15, 0.2) is 12.6 Å². The van der Waals surface area contributed by atoms with E-state index in [0.29, 0.717) is 76.4 Å². The van der Waals surface area contributed by atoms with Crippen LogP contribution >= 0.6 is 0 Å². The second-order valence-corrected chi connectivity index (χ2v) is 14.5. The van der Waals surface area contributed by atoms with Gasteiger partial charge in [0.25, 0.3) is 0 Å². The van der Waals surface area contributed by atoms with Crippen LogP contribution in [0.2, 0.25) is 0 Å². The molecule has 2 fully saturated rings. The van der Waals surface area contributed by atoms with Crippen molar-refractivity contribution in [1.82, 2.24) is 25.6 Å². The molecule has 0 radical (unpaired) electrons. The fourth-order valence-corrected chi connectivity index (χ4v) is 6.26. The molecule has 21 heteroatoms. The van der Waals surface area contributed by atoms with Gasteiger partial charge >= 0.3 is 0 Å². The summed E-state index contributed by atoms with van der Waals surface area (Å²) < 4.78 is 51.6. The first-order valence-corrected chi connectivity index (χ1v) is 19.7. The number of aliphatic hydroxyl groups excluding tert-OH is 7. The van der Waals surface area contributed by atoms with Gasteiger partial charge < -0.3 is 89.0 Å². The Hall–Kier alpha value is -2.84. The van der Waals surface area contributed by atoms with E-state index in [1.54, 1.807) is 10.9 Å². The molecule has 2 saturated heterocycles. The van der Waals surface area contributed by atoms with Crippen molar-refractivity contribution in [3.8, 4) is 0 Å². The Morgan fingerprint density at radius 1 is 0.881 bits per heavy atom. The number of ether oxygens (including phenoxy) is 9. The Bertz CT molecular complexity index is 1360. The molecule has 9 N–H and O–H groups in total. The number of aromatic nitrogens is 3. The van der Waals surface area contributed by atoms with E-state index >= 15 is 0 Å². The van der Waals surface area contributed by atoms with Crippen LogP contribution in [-0.4, -0.2) is 192 Å². The summed E-state index contributed by atoms with van der Waals surface area (Å²) in [7, 11) is 2.85. The number of rotatable bonds is 31. The highest BCUT2D eigenvalue weighted by molar-refractivity contribution is 5.03. The van der Waals surface area contributed by atoms with Gasteiger partial charge in [0.1, 0.15) is 36.9 Å². The van der Waals surface area contributed by atoms with Gasteiger partial charge in [-0.25, -0.2) is 4.68 Å². The van der Waals surface area contributed by atoms with Crippen molar-refractivity contribution in [1.29, 1.82) is 0 Å². The highest BCUT2D eigenvalue weighted by atomic mass is 16.7. The predicted molar refractivity (Wildman–Crippen MR) is 208 cm³/mol. The van der Waals surface area contributed by atoms with Crippen molar-refractivity contribution in [2.24, 2.45) is 5.92 Å². The second kappa shape index (κ2) is 27.2. The largest absolute Gasteiger partial charge is 0.513 e. The molecule has 2 aliphatic rings. The van der Waals surface area contributed by atoms with Crippen molar-refractivity contribution in [2.75, 3.05) is 73.8 Å². The van der Waals surface area contributed by atoms with Crippen molar-refractivity contribution in [2.45, 2.75) is 113 Å². The molecule has 12 atom stereocenters. The zero-order valence-electron chi connectivity index (χ0n) is 34.4. The minimum Gasteiger partial charge on any atom is -0.513 e. The van der Waals surface area contributed by atoms with Gasteiger partial charge in [0, 0.05) is 57.3 Å². The SMILES string of the molecule is C=C(O)CC1O[C@@H](O[C@@H]2C(CC(=C)NCCOCCOCCOCCn3cc(CNC(=C)C(COCOC)CC(O)C(C)O)nn3)OC(OC)C(O)C2O)C(O)CC1O. The number of methoxy groups -OCH3 is 2. The van der Waals surface area contributed by atoms with Gasteiger partial charge in [-0.05, 0) is 13.3 Å². The molecular weight excluding hydrogens is 782 g/mol. The van der Waals surface area contributed by atoms with Crippen LogP contribution in [0.15, 0.2) is 43.1 Å². The normalized spacial score (nSPS) is 27.5. The molecule has 0 saturated carbocycles. The third-order valence-corrected chi connectivity index (χ3v) is 9.59. The van der Waals surface area contributed by atoms with Gasteiger partial charge in [-0.15, -0.1) is 5.10 Å².